The topological polar surface area (TPSA) is 59.1 Å². The molecule has 1 aliphatic rings. The maximum atomic E-state index is 9.59. The highest BCUT2D eigenvalue weighted by molar-refractivity contribution is 5.36. The molecule has 1 aliphatic carbocycles. The van der Waals surface area contributed by atoms with Crippen LogP contribution in [0.25, 0.3) is 0 Å². The van der Waals surface area contributed by atoms with E-state index in [4.69, 9.17) is 5.73 Å². The standard InChI is InChI=1S/C12H18N2O/c1-11(2)5-3-9-7-14-6-4-10(9)12(11,13)8-15/h4,6-7,15H,3,5,8,13H2,1-2H3. The second kappa shape index (κ2) is 3.29. The van der Waals surface area contributed by atoms with E-state index in [-0.39, 0.29) is 12.0 Å². The van der Waals surface area contributed by atoms with Crippen LogP contribution in [0.3, 0.4) is 0 Å². The van der Waals surface area contributed by atoms with Crippen LogP contribution in [0, 0.1) is 5.41 Å². The molecule has 0 saturated carbocycles. The van der Waals surface area contributed by atoms with Gasteiger partial charge in [-0.25, -0.2) is 0 Å². The lowest BCUT2D eigenvalue weighted by molar-refractivity contribution is 0.0631. The lowest BCUT2D eigenvalue weighted by Gasteiger charge is -2.47. The zero-order valence-corrected chi connectivity index (χ0v) is 9.33. The summed E-state index contributed by atoms with van der Waals surface area (Å²) in [7, 11) is 0. The lowest BCUT2D eigenvalue weighted by atomic mass is 9.62. The molecule has 1 unspecified atom stereocenters. The van der Waals surface area contributed by atoms with Crippen LogP contribution in [0.4, 0.5) is 0 Å². The van der Waals surface area contributed by atoms with Crippen molar-refractivity contribution in [3.05, 3.63) is 29.6 Å². The maximum absolute atomic E-state index is 9.59. The van der Waals surface area contributed by atoms with Crippen LogP contribution in [-0.4, -0.2) is 16.7 Å². The van der Waals surface area contributed by atoms with Crippen molar-refractivity contribution in [1.82, 2.24) is 4.98 Å². The zero-order chi connectivity index (χ0) is 11.1. The van der Waals surface area contributed by atoms with Crippen molar-refractivity contribution in [3.63, 3.8) is 0 Å². The molecule has 3 N–H and O–H groups in total. The molecule has 1 heterocycles. The third-order valence-corrected chi connectivity index (χ3v) is 3.86. The normalized spacial score (nSPS) is 28.5. The molecular weight excluding hydrogens is 188 g/mol. The van der Waals surface area contributed by atoms with Crippen LogP contribution in [-0.2, 0) is 12.0 Å². The van der Waals surface area contributed by atoms with Gasteiger partial charge in [-0.05, 0) is 35.4 Å². The number of aliphatic hydroxyl groups excluding tert-OH is 1. The van der Waals surface area contributed by atoms with Gasteiger partial charge < -0.3 is 10.8 Å². The number of fused-ring (bicyclic) bond motifs is 1. The van der Waals surface area contributed by atoms with Gasteiger partial charge in [0, 0.05) is 12.4 Å². The quantitative estimate of drug-likeness (QED) is 0.726. The fourth-order valence-corrected chi connectivity index (χ4v) is 2.40. The first-order valence-corrected chi connectivity index (χ1v) is 5.34. The maximum Gasteiger partial charge on any atom is 0.0699 e. The van der Waals surface area contributed by atoms with Crippen LogP contribution in [0.2, 0.25) is 0 Å². The summed E-state index contributed by atoms with van der Waals surface area (Å²) in [6.07, 6.45) is 5.59. The third-order valence-electron chi connectivity index (χ3n) is 3.86. The Balaban J connectivity index is 2.58. The summed E-state index contributed by atoms with van der Waals surface area (Å²) in [6.45, 7) is 4.22. The first-order valence-electron chi connectivity index (χ1n) is 5.34. The second-order valence-electron chi connectivity index (χ2n) is 5.05. The summed E-state index contributed by atoms with van der Waals surface area (Å²) in [4.78, 5) is 4.11. The number of nitrogens with two attached hydrogens (primary N) is 1. The summed E-state index contributed by atoms with van der Waals surface area (Å²) in [5, 5.41) is 9.59. The van der Waals surface area contributed by atoms with Gasteiger partial charge in [0.15, 0.2) is 0 Å². The molecule has 3 nitrogen and oxygen atoms in total. The highest BCUT2D eigenvalue weighted by Gasteiger charge is 2.46. The Bertz CT molecular complexity index is 376. The molecule has 0 saturated heterocycles. The molecule has 3 heteroatoms. The number of pyridine rings is 1. The van der Waals surface area contributed by atoms with E-state index in [1.807, 2.05) is 12.3 Å². The highest BCUT2D eigenvalue weighted by Crippen LogP contribution is 2.45. The van der Waals surface area contributed by atoms with E-state index in [0.717, 1.165) is 18.4 Å². The van der Waals surface area contributed by atoms with Crippen molar-refractivity contribution in [2.75, 3.05) is 6.61 Å². The molecule has 15 heavy (non-hydrogen) atoms. The van der Waals surface area contributed by atoms with Gasteiger partial charge in [-0.15, -0.1) is 0 Å². The van der Waals surface area contributed by atoms with Crippen LogP contribution in [0.15, 0.2) is 18.5 Å². The number of nitrogens with zero attached hydrogens (tertiary/aromatic N) is 1. The third kappa shape index (κ3) is 1.38. The number of hydrogen-bond donors (Lipinski definition) is 2. The summed E-state index contributed by atoms with van der Waals surface area (Å²) in [5.41, 5.74) is 7.89. The molecule has 2 rings (SSSR count). The molecule has 0 fully saturated rings. The molecule has 0 radical (unpaired) electrons. The lowest BCUT2D eigenvalue weighted by Crippen LogP contribution is -2.55. The highest BCUT2D eigenvalue weighted by atomic mass is 16.3. The van der Waals surface area contributed by atoms with Crippen LogP contribution >= 0.6 is 0 Å². The Morgan fingerprint density at radius 3 is 2.93 bits per heavy atom. The van der Waals surface area contributed by atoms with Gasteiger partial charge in [0.25, 0.3) is 0 Å². The minimum atomic E-state index is -0.635. The molecule has 1 aromatic heterocycles. The van der Waals surface area contributed by atoms with E-state index >= 15 is 0 Å². The fraction of sp³-hybridized carbons (Fsp3) is 0.583. The van der Waals surface area contributed by atoms with Gasteiger partial charge in [0.05, 0.1) is 12.1 Å². The molecule has 1 aromatic rings. The molecule has 0 bridgehead atoms. The molecule has 0 spiro atoms. The van der Waals surface area contributed by atoms with Gasteiger partial charge in [0.1, 0.15) is 0 Å². The molecule has 0 amide bonds. The zero-order valence-electron chi connectivity index (χ0n) is 9.33. The smallest absolute Gasteiger partial charge is 0.0699 e. The van der Waals surface area contributed by atoms with E-state index in [2.05, 4.69) is 18.8 Å². The Morgan fingerprint density at radius 2 is 2.27 bits per heavy atom. The summed E-state index contributed by atoms with van der Waals surface area (Å²) in [5.74, 6) is 0. The first kappa shape index (κ1) is 10.6. The van der Waals surface area contributed by atoms with Crippen LogP contribution in [0.5, 0.6) is 0 Å². The van der Waals surface area contributed by atoms with Crippen molar-refractivity contribution in [3.8, 4) is 0 Å². The predicted molar refractivity (Wildman–Crippen MR) is 59.3 cm³/mol. The monoisotopic (exact) mass is 206 g/mol. The van der Waals surface area contributed by atoms with E-state index in [9.17, 15) is 5.11 Å². The van der Waals surface area contributed by atoms with Crippen molar-refractivity contribution < 1.29 is 5.11 Å². The Morgan fingerprint density at radius 1 is 1.53 bits per heavy atom. The Labute approximate surface area is 90.3 Å². The Kier molecular flexibility index (Phi) is 2.32. The number of hydrogen-bond acceptors (Lipinski definition) is 3. The van der Waals surface area contributed by atoms with Crippen molar-refractivity contribution >= 4 is 0 Å². The fourth-order valence-electron chi connectivity index (χ4n) is 2.40. The SMILES string of the molecule is CC1(C)CCc2cnccc2C1(N)CO. The molecule has 0 aromatic carbocycles. The Hall–Kier alpha value is -0.930. The summed E-state index contributed by atoms with van der Waals surface area (Å²) >= 11 is 0. The van der Waals surface area contributed by atoms with Crippen LogP contribution < -0.4 is 5.73 Å². The van der Waals surface area contributed by atoms with Crippen LogP contribution in [0.1, 0.15) is 31.4 Å². The van der Waals surface area contributed by atoms with E-state index < -0.39 is 5.54 Å². The number of aliphatic hydroxyl groups is 1. The van der Waals surface area contributed by atoms with Crippen molar-refractivity contribution in [2.45, 2.75) is 32.2 Å². The van der Waals surface area contributed by atoms with Gasteiger partial charge in [0.2, 0.25) is 0 Å². The number of rotatable bonds is 1. The van der Waals surface area contributed by atoms with Gasteiger partial charge in [-0.1, -0.05) is 13.8 Å². The minimum Gasteiger partial charge on any atom is -0.394 e. The van der Waals surface area contributed by atoms with E-state index in [0.29, 0.717) is 0 Å². The predicted octanol–water partition coefficient (Wildman–Crippen LogP) is 1.20. The second-order valence-corrected chi connectivity index (χ2v) is 5.05. The van der Waals surface area contributed by atoms with Gasteiger partial charge in [-0.3, -0.25) is 4.98 Å². The first-order chi connectivity index (χ1) is 7.01. The van der Waals surface area contributed by atoms with Gasteiger partial charge >= 0.3 is 0 Å². The van der Waals surface area contributed by atoms with Crippen molar-refractivity contribution in [1.29, 1.82) is 0 Å². The largest absolute Gasteiger partial charge is 0.394 e. The average molecular weight is 206 g/mol. The number of aromatic nitrogens is 1. The summed E-state index contributed by atoms with van der Waals surface area (Å²) in [6, 6.07) is 1.94. The van der Waals surface area contributed by atoms with E-state index in [1.54, 1.807) is 6.20 Å². The van der Waals surface area contributed by atoms with Crippen molar-refractivity contribution in [2.24, 2.45) is 11.1 Å². The number of aryl methyl sites for hydroxylation is 1. The molecule has 0 aliphatic heterocycles. The molecule has 1 atom stereocenters. The molecule has 82 valence electrons. The minimum absolute atomic E-state index is 0.0169. The summed E-state index contributed by atoms with van der Waals surface area (Å²) < 4.78 is 0. The molecular formula is C12H18N2O. The average Bonchev–Trinajstić information content (AvgIpc) is 2.24. The van der Waals surface area contributed by atoms with Gasteiger partial charge in [-0.2, -0.15) is 0 Å². The van der Waals surface area contributed by atoms with E-state index in [1.165, 1.54) is 5.56 Å².